The van der Waals surface area contributed by atoms with E-state index in [-0.39, 0.29) is 12.3 Å². The van der Waals surface area contributed by atoms with Crippen molar-refractivity contribution in [3.63, 3.8) is 0 Å². The second kappa shape index (κ2) is 7.76. The number of halogens is 4. The summed E-state index contributed by atoms with van der Waals surface area (Å²) in [6.45, 7) is 0. The molecule has 2 aromatic heterocycles. The second-order valence-corrected chi connectivity index (χ2v) is 8.42. The molecule has 1 aliphatic rings. The van der Waals surface area contributed by atoms with Gasteiger partial charge in [-0.2, -0.15) is 13.2 Å². The van der Waals surface area contributed by atoms with Crippen LogP contribution in [0.4, 0.5) is 17.6 Å². The second-order valence-electron chi connectivity index (χ2n) is 8.42. The topological polar surface area (TPSA) is 33.5 Å². The van der Waals surface area contributed by atoms with E-state index in [0.29, 0.717) is 22.5 Å². The number of rotatable bonds is 5. The molecule has 0 unspecified atom stereocenters. The molecule has 1 fully saturated rings. The van der Waals surface area contributed by atoms with Gasteiger partial charge in [-0.1, -0.05) is 42.5 Å². The average Bonchev–Trinajstić information content (AvgIpc) is 3.43. The summed E-state index contributed by atoms with van der Waals surface area (Å²) in [7, 11) is 0. The summed E-state index contributed by atoms with van der Waals surface area (Å²) in [4.78, 5) is 13.2. The molecular weight excluding hydrogens is 432 g/mol. The number of fused-ring (bicyclic) bond motifs is 1. The van der Waals surface area contributed by atoms with Crippen LogP contribution in [0.15, 0.2) is 78.9 Å². The number of pyridine rings is 1. The highest BCUT2D eigenvalue weighted by Gasteiger charge is 2.45. The fourth-order valence-electron chi connectivity index (χ4n) is 4.27. The lowest BCUT2D eigenvalue weighted by atomic mass is 10.0. The van der Waals surface area contributed by atoms with Crippen molar-refractivity contribution in [3.8, 4) is 0 Å². The van der Waals surface area contributed by atoms with Crippen LogP contribution in [0.3, 0.4) is 0 Å². The summed E-state index contributed by atoms with van der Waals surface area (Å²) in [5, 5.41) is 3.13. The number of hydrogen-bond acceptors (Lipinski definition) is 1. The highest BCUT2D eigenvalue weighted by atomic mass is 19.4. The zero-order valence-electron chi connectivity index (χ0n) is 17.5. The van der Waals surface area contributed by atoms with Crippen LogP contribution in [0.25, 0.3) is 5.52 Å². The van der Waals surface area contributed by atoms with Crippen LogP contribution in [-0.2, 0) is 18.1 Å². The monoisotopic (exact) mass is 452 g/mol. The number of hydrogen-bond donors (Lipinski definition) is 1. The quantitative estimate of drug-likeness (QED) is 0.365. The fourth-order valence-corrected chi connectivity index (χ4v) is 4.27. The van der Waals surface area contributed by atoms with E-state index in [9.17, 15) is 22.4 Å². The first-order chi connectivity index (χ1) is 15.7. The van der Waals surface area contributed by atoms with E-state index in [4.69, 9.17) is 0 Å². The maximum Gasteiger partial charge on any atom is 0.416 e. The van der Waals surface area contributed by atoms with Gasteiger partial charge in [0.05, 0.1) is 11.1 Å². The standard InChI is InChI=1S/C26H20F4N2O/c27-20-15-21-10-11-23(24(33)31-25(12-13-25)18-4-2-1-3-5-18)32(21)22(16-20)14-17-6-8-19(9-7-17)26(28,29)30/h1-11,15-16H,12-14H2,(H,31,33). The van der Waals surface area contributed by atoms with E-state index in [2.05, 4.69) is 5.32 Å². The molecule has 168 valence electrons. The summed E-state index contributed by atoms with van der Waals surface area (Å²) in [6, 6.07) is 20.4. The molecule has 1 N–H and O–H groups in total. The van der Waals surface area contributed by atoms with Crippen LogP contribution in [0, 0.1) is 5.82 Å². The molecule has 1 saturated carbocycles. The Labute approximate surface area is 187 Å². The molecule has 2 aromatic carbocycles. The van der Waals surface area contributed by atoms with Crippen molar-refractivity contribution in [2.24, 2.45) is 0 Å². The Morgan fingerprint density at radius 1 is 0.939 bits per heavy atom. The van der Waals surface area contributed by atoms with Crippen LogP contribution in [0.5, 0.6) is 0 Å². The number of nitrogens with one attached hydrogen (secondary N) is 1. The van der Waals surface area contributed by atoms with E-state index >= 15 is 0 Å². The van der Waals surface area contributed by atoms with Crippen molar-refractivity contribution in [2.75, 3.05) is 0 Å². The smallest absolute Gasteiger partial charge is 0.341 e. The van der Waals surface area contributed by atoms with E-state index in [1.54, 1.807) is 16.5 Å². The Kier molecular flexibility index (Phi) is 5.00. The van der Waals surface area contributed by atoms with Crippen LogP contribution in [0.2, 0.25) is 0 Å². The number of alkyl halides is 3. The lowest BCUT2D eigenvalue weighted by Crippen LogP contribution is -2.35. The molecule has 5 rings (SSSR count). The van der Waals surface area contributed by atoms with Crippen molar-refractivity contribution in [2.45, 2.75) is 31.0 Å². The van der Waals surface area contributed by atoms with Gasteiger partial charge < -0.3 is 9.72 Å². The number of carbonyl (C=O) groups excluding carboxylic acids is 1. The summed E-state index contributed by atoms with van der Waals surface area (Å²) in [5.74, 6) is -0.756. The molecule has 0 saturated heterocycles. The SMILES string of the molecule is O=C(NC1(c2ccccc2)CC1)c1ccc2cc(F)cc(Cc3ccc(C(F)(F)F)cc3)n12. The fraction of sp³-hybridized carbons (Fsp3) is 0.192. The summed E-state index contributed by atoms with van der Waals surface area (Å²) >= 11 is 0. The van der Waals surface area contributed by atoms with Crippen molar-refractivity contribution in [1.29, 1.82) is 0 Å². The zero-order chi connectivity index (χ0) is 23.2. The number of aromatic nitrogens is 1. The van der Waals surface area contributed by atoms with Crippen LogP contribution < -0.4 is 5.32 Å². The van der Waals surface area contributed by atoms with Crippen molar-refractivity contribution in [1.82, 2.24) is 9.72 Å². The molecule has 3 nitrogen and oxygen atoms in total. The summed E-state index contributed by atoms with van der Waals surface area (Å²) in [6.07, 6.45) is -2.59. The van der Waals surface area contributed by atoms with E-state index in [1.807, 2.05) is 30.3 Å². The Morgan fingerprint density at radius 2 is 1.64 bits per heavy atom. The Morgan fingerprint density at radius 3 is 2.27 bits per heavy atom. The van der Waals surface area contributed by atoms with Gasteiger partial charge in [-0.25, -0.2) is 4.39 Å². The highest BCUT2D eigenvalue weighted by Crippen LogP contribution is 2.45. The maximum atomic E-state index is 14.3. The Bertz CT molecular complexity index is 1320. The average molecular weight is 452 g/mol. The Hall–Kier alpha value is -3.61. The Balaban J connectivity index is 1.47. The largest absolute Gasteiger partial charge is 0.416 e. The molecular formula is C26H20F4N2O. The first-order valence-electron chi connectivity index (χ1n) is 10.6. The van der Waals surface area contributed by atoms with E-state index in [0.717, 1.165) is 30.5 Å². The van der Waals surface area contributed by atoms with Crippen LogP contribution >= 0.6 is 0 Å². The molecule has 1 aliphatic carbocycles. The van der Waals surface area contributed by atoms with E-state index in [1.165, 1.54) is 24.3 Å². The number of amides is 1. The maximum absolute atomic E-state index is 14.3. The number of benzene rings is 2. The molecule has 33 heavy (non-hydrogen) atoms. The predicted octanol–water partition coefficient (Wildman–Crippen LogP) is 6.11. The molecule has 2 heterocycles. The third-order valence-corrected chi connectivity index (χ3v) is 6.12. The molecule has 7 heteroatoms. The zero-order valence-corrected chi connectivity index (χ0v) is 17.5. The van der Waals surface area contributed by atoms with Crippen molar-refractivity contribution in [3.05, 3.63) is 113 Å². The first-order valence-corrected chi connectivity index (χ1v) is 10.6. The summed E-state index contributed by atoms with van der Waals surface area (Å²) in [5.41, 5.74) is 1.81. The molecule has 1 amide bonds. The van der Waals surface area contributed by atoms with Gasteiger partial charge in [0.15, 0.2) is 0 Å². The highest BCUT2D eigenvalue weighted by molar-refractivity contribution is 5.95. The van der Waals surface area contributed by atoms with Crippen LogP contribution in [0.1, 0.15) is 45.7 Å². The van der Waals surface area contributed by atoms with Gasteiger partial charge in [-0.05, 0) is 60.4 Å². The van der Waals surface area contributed by atoms with E-state index < -0.39 is 23.1 Å². The molecule has 0 atom stereocenters. The number of nitrogens with zero attached hydrogens (tertiary/aromatic N) is 1. The van der Waals surface area contributed by atoms with Gasteiger partial charge in [0.2, 0.25) is 0 Å². The third-order valence-electron chi connectivity index (χ3n) is 6.12. The van der Waals surface area contributed by atoms with Gasteiger partial charge in [-0.3, -0.25) is 4.79 Å². The lowest BCUT2D eigenvalue weighted by molar-refractivity contribution is -0.137. The lowest BCUT2D eigenvalue weighted by Gasteiger charge is -2.19. The molecule has 4 aromatic rings. The van der Waals surface area contributed by atoms with Gasteiger partial charge >= 0.3 is 6.18 Å². The minimum atomic E-state index is -4.42. The molecule has 0 radical (unpaired) electrons. The van der Waals surface area contributed by atoms with Crippen LogP contribution in [-0.4, -0.2) is 10.3 Å². The minimum absolute atomic E-state index is 0.172. The third kappa shape index (κ3) is 4.11. The van der Waals surface area contributed by atoms with Gasteiger partial charge in [0.25, 0.3) is 5.91 Å². The van der Waals surface area contributed by atoms with Gasteiger partial charge in [-0.15, -0.1) is 0 Å². The normalized spacial score (nSPS) is 14.9. The molecule has 0 aliphatic heterocycles. The molecule has 0 bridgehead atoms. The number of carbonyl (C=O) groups is 1. The van der Waals surface area contributed by atoms with Gasteiger partial charge in [0, 0.05) is 17.6 Å². The predicted molar refractivity (Wildman–Crippen MR) is 116 cm³/mol. The summed E-state index contributed by atoms with van der Waals surface area (Å²) < 4.78 is 54.6. The first kappa shape index (κ1) is 21.2. The van der Waals surface area contributed by atoms with Crippen molar-refractivity contribution >= 4 is 11.4 Å². The van der Waals surface area contributed by atoms with Gasteiger partial charge in [0.1, 0.15) is 11.5 Å². The molecule has 0 spiro atoms. The van der Waals surface area contributed by atoms with Crippen molar-refractivity contribution < 1.29 is 22.4 Å². The minimum Gasteiger partial charge on any atom is -0.341 e.